The normalized spacial score (nSPS) is 16.3. The third-order valence-electron chi connectivity index (χ3n) is 6.14. The third-order valence-corrected chi connectivity index (χ3v) is 7.27. The van der Waals surface area contributed by atoms with Crippen molar-refractivity contribution in [2.75, 3.05) is 25.2 Å². The second kappa shape index (κ2) is 11.5. The van der Waals surface area contributed by atoms with Gasteiger partial charge in [0.1, 0.15) is 34.8 Å². The molecule has 10 heteroatoms. The number of Topliss-reactive ketones (excluding diaryl/α,β-unsaturated/α-hetero) is 1. The molecule has 202 valence electrons. The number of ether oxygens (including phenoxy) is 3. The van der Waals surface area contributed by atoms with E-state index in [1.165, 1.54) is 18.1 Å². The molecule has 9 nitrogen and oxygen atoms in total. The number of nitrogens with zero attached hydrogens (tertiary/aromatic N) is 2. The van der Waals surface area contributed by atoms with E-state index in [0.29, 0.717) is 34.9 Å². The molecule has 2 heterocycles. The molecule has 1 saturated heterocycles. The monoisotopic (exact) mass is 548 g/mol. The van der Waals surface area contributed by atoms with E-state index < -0.39 is 23.7 Å². The van der Waals surface area contributed by atoms with Gasteiger partial charge in [0, 0.05) is 11.1 Å². The number of hydrogen-bond donors (Lipinski definition) is 1. The number of carbonyl (C=O) groups excluding carboxylic acids is 3. The second-order valence-corrected chi connectivity index (χ2v) is 9.60. The van der Waals surface area contributed by atoms with Gasteiger partial charge >= 0.3 is 11.9 Å². The number of benzene rings is 2. The van der Waals surface area contributed by atoms with Crippen LogP contribution in [0.4, 0.5) is 5.13 Å². The Balaban J connectivity index is 1.93. The lowest BCUT2D eigenvalue weighted by atomic mass is 9.94. The zero-order chi connectivity index (χ0) is 28.3. The fraction of sp³-hybridized carbons (Fsp3) is 0.241. The van der Waals surface area contributed by atoms with Crippen LogP contribution in [-0.4, -0.2) is 48.1 Å². The molecule has 4 rings (SSSR count). The number of aryl methyl sites for hydroxylation is 2. The van der Waals surface area contributed by atoms with Gasteiger partial charge in [-0.2, -0.15) is 0 Å². The summed E-state index contributed by atoms with van der Waals surface area (Å²) >= 11 is 0.927. The number of anilines is 1. The highest BCUT2D eigenvalue weighted by Gasteiger charge is 2.49. The van der Waals surface area contributed by atoms with Crippen molar-refractivity contribution in [1.29, 1.82) is 0 Å². The fourth-order valence-electron chi connectivity index (χ4n) is 4.37. The van der Waals surface area contributed by atoms with Gasteiger partial charge in [0.25, 0.3) is 5.78 Å². The van der Waals surface area contributed by atoms with E-state index in [2.05, 4.69) is 11.6 Å². The summed E-state index contributed by atoms with van der Waals surface area (Å²) in [5, 5.41) is 11.6. The molecule has 1 atom stereocenters. The van der Waals surface area contributed by atoms with Crippen molar-refractivity contribution >= 4 is 39.9 Å². The van der Waals surface area contributed by atoms with Crippen LogP contribution in [0.15, 0.2) is 60.7 Å². The van der Waals surface area contributed by atoms with E-state index >= 15 is 0 Å². The van der Waals surface area contributed by atoms with Gasteiger partial charge in [-0.3, -0.25) is 14.5 Å². The largest absolute Gasteiger partial charge is 0.507 e. The number of aromatic nitrogens is 1. The lowest BCUT2D eigenvalue weighted by Gasteiger charge is -2.24. The minimum Gasteiger partial charge on any atom is -0.507 e. The van der Waals surface area contributed by atoms with Crippen LogP contribution in [0.3, 0.4) is 0 Å². The van der Waals surface area contributed by atoms with E-state index in [1.54, 1.807) is 56.3 Å². The molecule has 1 N–H and O–H groups in total. The molecule has 1 aliphatic rings. The summed E-state index contributed by atoms with van der Waals surface area (Å²) < 4.78 is 16.3. The maximum absolute atomic E-state index is 13.5. The number of carbonyl (C=O) groups is 3. The van der Waals surface area contributed by atoms with Crippen LogP contribution in [0.25, 0.3) is 5.76 Å². The quantitative estimate of drug-likeness (QED) is 0.129. The van der Waals surface area contributed by atoms with Crippen molar-refractivity contribution in [2.24, 2.45) is 0 Å². The molecule has 39 heavy (non-hydrogen) atoms. The molecule has 0 saturated carbocycles. The maximum atomic E-state index is 13.5. The van der Waals surface area contributed by atoms with Crippen molar-refractivity contribution in [3.63, 3.8) is 0 Å². The smallest absolute Gasteiger partial charge is 0.350 e. The second-order valence-electron chi connectivity index (χ2n) is 8.62. The topological polar surface area (TPSA) is 115 Å². The molecular weight excluding hydrogens is 520 g/mol. The number of methoxy groups -OCH3 is 1. The molecule has 0 bridgehead atoms. The Hall–Kier alpha value is -4.44. The van der Waals surface area contributed by atoms with Crippen LogP contribution < -0.4 is 14.4 Å². The van der Waals surface area contributed by atoms with Crippen LogP contribution in [-0.2, 0) is 14.3 Å². The molecule has 3 aromatic rings. The molecule has 1 aliphatic heterocycles. The lowest BCUT2D eigenvalue weighted by molar-refractivity contribution is -0.132. The van der Waals surface area contributed by atoms with Gasteiger partial charge in [-0.1, -0.05) is 42.2 Å². The van der Waals surface area contributed by atoms with Gasteiger partial charge in [0.05, 0.1) is 25.0 Å². The van der Waals surface area contributed by atoms with Crippen molar-refractivity contribution in [2.45, 2.75) is 26.8 Å². The van der Waals surface area contributed by atoms with E-state index in [1.807, 2.05) is 6.92 Å². The number of aliphatic hydroxyl groups excluding tert-OH is 1. The van der Waals surface area contributed by atoms with Crippen LogP contribution in [0, 0.1) is 13.8 Å². The predicted molar refractivity (Wildman–Crippen MR) is 147 cm³/mol. The van der Waals surface area contributed by atoms with Gasteiger partial charge < -0.3 is 19.3 Å². The number of para-hydroxylation sites is 1. The van der Waals surface area contributed by atoms with Gasteiger partial charge in [-0.15, -0.1) is 0 Å². The van der Waals surface area contributed by atoms with Crippen molar-refractivity contribution in [1.82, 2.24) is 4.98 Å². The minimum absolute atomic E-state index is 0.0129. The first-order valence-corrected chi connectivity index (χ1v) is 13.0. The molecule has 1 aromatic heterocycles. The number of esters is 1. The van der Waals surface area contributed by atoms with Gasteiger partial charge in [-0.05, 0) is 50.6 Å². The Morgan fingerprint density at radius 1 is 1.18 bits per heavy atom. The zero-order valence-electron chi connectivity index (χ0n) is 22.0. The van der Waals surface area contributed by atoms with E-state index in [0.717, 1.165) is 16.9 Å². The summed E-state index contributed by atoms with van der Waals surface area (Å²) in [5.41, 5.74) is 1.78. The average molecular weight is 549 g/mol. The van der Waals surface area contributed by atoms with Crippen LogP contribution in [0.5, 0.6) is 11.5 Å². The number of amides is 1. The van der Waals surface area contributed by atoms with Crippen molar-refractivity contribution < 1.29 is 33.7 Å². The standard InChI is InChI=1S/C29H28N2O7S/c1-6-14-38-28(35)26-17(4)30-29(39-26)31-23(19-10-8-9-11-21(19)37-7-2)22(25(33)27(31)34)24(32)18-12-13-20(36-5)16(3)15-18/h6,8-13,15,23,32H,1,7,14H2,2-5H3/t23-/m0/s1. The number of ketones is 1. The molecule has 0 radical (unpaired) electrons. The molecule has 0 aliphatic carbocycles. The summed E-state index contributed by atoms with van der Waals surface area (Å²) in [5.74, 6) is -1.70. The van der Waals surface area contributed by atoms with Crippen molar-refractivity contribution in [3.05, 3.63) is 88.0 Å². The van der Waals surface area contributed by atoms with Crippen LogP contribution >= 0.6 is 11.3 Å². The molecule has 0 spiro atoms. The number of rotatable bonds is 9. The van der Waals surface area contributed by atoms with E-state index in [4.69, 9.17) is 14.2 Å². The molecular formula is C29H28N2O7S. The summed E-state index contributed by atoms with van der Waals surface area (Å²) in [4.78, 5) is 45.5. The first kappa shape index (κ1) is 27.6. The Morgan fingerprint density at radius 3 is 2.59 bits per heavy atom. The number of hydrogen-bond acceptors (Lipinski definition) is 9. The van der Waals surface area contributed by atoms with E-state index in [9.17, 15) is 19.5 Å². The molecule has 0 unspecified atom stereocenters. The highest BCUT2D eigenvalue weighted by atomic mass is 32.1. The van der Waals surface area contributed by atoms with Crippen LogP contribution in [0.1, 0.15) is 45.0 Å². The first-order valence-electron chi connectivity index (χ1n) is 12.2. The highest BCUT2D eigenvalue weighted by molar-refractivity contribution is 7.17. The summed E-state index contributed by atoms with van der Waals surface area (Å²) in [6.45, 7) is 9.13. The third kappa shape index (κ3) is 5.15. The Labute approximate surface area is 230 Å². The summed E-state index contributed by atoms with van der Waals surface area (Å²) in [6, 6.07) is 10.9. The van der Waals surface area contributed by atoms with Gasteiger partial charge in [0.15, 0.2) is 5.13 Å². The summed E-state index contributed by atoms with van der Waals surface area (Å²) in [7, 11) is 1.54. The summed E-state index contributed by atoms with van der Waals surface area (Å²) in [6.07, 6.45) is 1.44. The average Bonchev–Trinajstić information content (AvgIpc) is 3.43. The molecule has 1 fully saturated rings. The van der Waals surface area contributed by atoms with Crippen LogP contribution in [0.2, 0.25) is 0 Å². The Bertz CT molecular complexity index is 1490. The van der Waals surface area contributed by atoms with E-state index in [-0.39, 0.29) is 27.9 Å². The SMILES string of the molecule is C=CCOC(=O)c1sc(N2C(=O)C(=O)C(=C(O)c3ccc(OC)c(C)c3)[C@@H]2c2ccccc2OCC)nc1C. The van der Waals surface area contributed by atoms with Gasteiger partial charge in [-0.25, -0.2) is 9.78 Å². The fourth-order valence-corrected chi connectivity index (χ4v) is 5.36. The van der Waals surface area contributed by atoms with Crippen molar-refractivity contribution in [3.8, 4) is 11.5 Å². The number of aliphatic hydroxyl groups is 1. The lowest BCUT2D eigenvalue weighted by Crippen LogP contribution is -2.29. The predicted octanol–water partition coefficient (Wildman–Crippen LogP) is 5.14. The Kier molecular flexibility index (Phi) is 8.15. The number of thiazole rings is 1. The maximum Gasteiger partial charge on any atom is 0.350 e. The highest BCUT2D eigenvalue weighted by Crippen LogP contribution is 2.46. The molecule has 2 aromatic carbocycles. The zero-order valence-corrected chi connectivity index (χ0v) is 22.8. The first-order chi connectivity index (χ1) is 18.7. The molecule has 1 amide bonds. The Morgan fingerprint density at radius 2 is 1.92 bits per heavy atom. The van der Waals surface area contributed by atoms with Gasteiger partial charge in [0.2, 0.25) is 0 Å². The minimum atomic E-state index is -1.07.